The number of piperazine rings is 1. The molecule has 1 fully saturated rings. The van der Waals surface area contributed by atoms with Crippen molar-refractivity contribution in [3.8, 4) is 11.3 Å². The van der Waals surface area contributed by atoms with Crippen LogP contribution in [0.4, 0.5) is 21.8 Å². The Morgan fingerprint density at radius 3 is 2.54 bits per heavy atom. The van der Waals surface area contributed by atoms with E-state index in [0.717, 1.165) is 49.1 Å². The number of anilines is 3. The van der Waals surface area contributed by atoms with Gasteiger partial charge in [-0.05, 0) is 18.1 Å². The number of pyridine rings is 1. The third kappa shape index (κ3) is 4.89. The summed E-state index contributed by atoms with van der Waals surface area (Å²) in [6.45, 7) is 8.00. The van der Waals surface area contributed by atoms with Crippen molar-refractivity contribution in [1.29, 1.82) is 0 Å². The first-order chi connectivity index (χ1) is 16.4. The van der Waals surface area contributed by atoms with E-state index >= 15 is 0 Å². The van der Waals surface area contributed by atoms with Crippen molar-refractivity contribution in [3.63, 3.8) is 0 Å². The lowest BCUT2D eigenvalue weighted by atomic mass is 10.0. The second-order valence-corrected chi connectivity index (χ2v) is 9.02. The van der Waals surface area contributed by atoms with E-state index in [1.807, 2.05) is 36.1 Å². The molecule has 0 aliphatic carbocycles. The standard InChI is InChI=1S/C24H26ClFN8.ClH/c1-14(2)23-17-6-5-16(20(25)22(17)32-33(23)3)21-18(26)13-29-24(31-21)30-19-7-4-15(12-28-19)34-10-8-27-9-11-34;/h4-7,12-14,27H,8-11H2,1-3H3,(H,28,29,30,31);1H. The Hall–Kier alpha value is -3.01. The first-order valence-corrected chi connectivity index (χ1v) is 11.7. The fraction of sp³-hybridized carbons (Fsp3) is 0.333. The van der Waals surface area contributed by atoms with Crippen molar-refractivity contribution in [2.75, 3.05) is 36.4 Å². The number of rotatable bonds is 5. The minimum Gasteiger partial charge on any atom is -0.368 e. The molecular formula is C24H27Cl2FN8. The Morgan fingerprint density at radius 2 is 1.86 bits per heavy atom. The molecular weight excluding hydrogens is 490 g/mol. The Balaban J connectivity index is 0.00000289. The van der Waals surface area contributed by atoms with Gasteiger partial charge >= 0.3 is 0 Å². The number of halogens is 3. The zero-order chi connectivity index (χ0) is 23.8. The predicted molar refractivity (Wildman–Crippen MR) is 141 cm³/mol. The third-order valence-corrected chi connectivity index (χ3v) is 6.39. The van der Waals surface area contributed by atoms with Gasteiger partial charge in [-0.2, -0.15) is 5.10 Å². The molecule has 11 heteroatoms. The number of nitrogens with one attached hydrogen (secondary N) is 2. The zero-order valence-electron chi connectivity index (χ0n) is 19.7. The monoisotopic (exact) mass is 516 g/mol. The van der Waals surface area contributed by atoms with Crippen LogP contribution in [0, 0.1) is 5.82 Å². The highest BCUT2D eigenvalue weighted by atomic mass is 35.5. The highest BCUT2D eigenvalue weighted by Gasteiger charge is 2.20. The zero-order valence-corrected chi connectivity index (χ0v) is 21.3. The van der Waals surface area contributed by atoms with Crippen LogP contribution in [0.25, 0.3) is 22.2 Å². The van der Waals surface area contributed by atoms with Gasteiger partial charge in [0.2, 0.25) is 5.95 Å². The molecule has 0 spiro atoms. The molecule has 1 aromatic carbocycles. The van der Waals surface area contributed by atoms with Crippen molar-refractivity contribution in [2.24, 2.45) is 7.05 Å². The number of hydrogen-bond donors (Lipinski definition) is 2. The van der Waals surface area contributed by atoms with Crippen LogP contribution >= 0.6 is 24.0 Å². The maximum absolute atomic E-state index is 14.8. The van der Waals surface area contributed by atoms with Crippen LogP contribution in [0.5, 0.6) is 0 Å². The van der Waals surface area contributed by atoms with E-state index in [9.17, 15) is 4.39 Å². The van der Waals surface area contributed by atoms with Gasteiger partial charge < -0.3 is 15.5 Å². The molecule has 1 aliphatic rings. The fourth-order valence-corrected chi connectivity index (χ4v) is 4.71. The number of hydrogen-bond acceptors (Lipinski definition) is 7. The van der Waals surface area contributed by atoms with E-state index in [1.165, 1.54) is 0 Å². The van der Waals surface area contributed by atoms with Crippen molar-refractivity contribution >= 4 is 52.4 Å². The van der Waals surface area contributed by atoms with Crippen LogP contribution in [-0.2, 0) is 7.05 Å². The van der Waals surface area contributed by atoms with Gasteiger partial charge in [-0.15, -0.1) is 12.4 Å². The van der Waals surface area contributed by atoms with E-state index in [2.05, 4.69) is 49.4 Å². The van der Waals surface area contributed by atoms with Gasteiger partial charge in [0.05, 0.1) is 23.1 Å². The minimum atomic E-state index is -0.561. The average molecular weight is 517 g/mol. The molecule has 0 saturated carbocycles. The maximum atomic E-state index is 14.8. The average Bonchev–Trinajstić information content (AvgIpc) is 3.19. The highest BCUT2D eigenvalue weighted by molar-refractivity contribution is 6.37. The third-order valence-electron chi connectivity index (χ3n) is 6.01. The van der Waals surface area contributed by atoms with Gasteiger partial charge in [0.25, 0.3) is 0 Å². The van der Waals surface area contributed by atoms with Crippen molar-refractivity contribution < 1.29 is 4.39 Å². The molecule has 0 atom stereocenters. The van der Waals surface area contributed by atoms with Crippen LogP contribution in [-0.4, -0.2) is 50.9 Å². The summed E-state index contributed by atoms with van der Waals surface area (Å²) < 4.78 is 16.6. The lowest BCUT2D eigenvalue weighted by Crippen LogP contribution is -2.43. The summed E-state index contributed by atoms with van der Waals surface area (Å²) in [6.07, 6.45) is 2.95. The smallest absolute Gasteiger partial charge is 0.229 e. The SMILES string of the molecule is CC(C)c1c2ccc(-c3nc(Nc4ccc(N5CCNCC5)cn4)ncc3F)c(Cl)c2nn1C.Cl. The van der Waals surface area contributed by atoms with E-state index in [4.69, 9.17) is 11.6 Å². The van der Waals surface area contributed by atoms with Gasteiger partial charge in [0, 0.05) is 49.9 Å². The number of benzene rings is 1. The lowest BCUT2D eigenvalue weighted by Gasteiger charge is -2.29. The molecule has 4 aromatic rings. The summed E-state index contributed by atoms with van der Waals surface area (Å²) in [6, 6.07) is 7.57. The van der Waals surface area contributed by atoms with Crippen LogP contribution in [0.3, 0.4) is 0 Å². The van der Waals surface area contributed by atoms with E-state index in [-0.39, 0.29) is 30.0 Å². The van der Waals surface area contributed by atoms with Gasteiger partial charge in [0.1, 0.15) is 17.0 Å². The van der Waals surface area contributed by atoms with Gasteiger partial charge in [-0.1, -0.05) is 37.6 Å². The quantitative estimate of drug-likeness (QED) is 0.389. The van der Waals surface area contributed by atoms with E-state index < -0.39 is 5.82 Å². The second-order valence-electron chi connectivity index (χ2n) is 8.64. The molecule has 0 radical (unpaired) electrons. The normalized spacial score (nSPS) is 13.8. The largest absolute Gasteiger partial charge is 0.368 e. The molecule has 0 bridgehead atoms. The number of nitrogens with zero attached hydrogens (tertiary/aromatic N) is 6. The molecule has 0 amide bonds. The molecule has 8 nitrogen and oxygen atoms in total. The summed E-state index contributed by atoms with van der Waals surface area (Å²) in [4.78, 5) is 15.2. The topological polar surface area (TPSA) is 83.8 Å². The molecule has 184 valence electrons. The molecule has 35 heavy (non-hydrogen) atoms. The minimum absolute atomic E-state index is 0. The second kappa shape index (κ2) is 10.3. The summed E-state index contributed by atoms with van der Waals surface area (Å²) in [5, 5.41) is 12.3. The van der Waals surface area contributed by atoms with Crippen molar-refractivity contribution in [3.05, 3.63) is 53.2 Å². The Bertz CT molecular complexity index is 1330. The first kappa shape index (κ1) is 25.1. The molecule has 1 saturated heterocycles. The fourth-order valence-electron chi connectivity index (χ4n) is 4.42. The van der Waals surface area contributed by atoms with Crippen LogP contribution in [0.2, 0.25) is 5.02 Å². The maximum Gasteiger partial charge on any atom is 0.229 e. The first-order valence-electron chi connectivity index (χ1n) is 11.3. The predicted octanol–water partition coefficient (Wildman–Crippen LogP) is 4.92. The lowest BCUT2D eigenvalue weighted by molar-refractivity contribution is 0.589. The summed E-state index contributed by atoms with van der Waals surface area (Å²) in [7, 11) is 1.89. The van der Waals surface area contributed by atoms with Crippen LogP contribution in [0.1, 0.15) is 25.5 Å². The molecule has 2 N–H and O–H groups in total. The van der Waals surface area contributed by atoms with E-state index in [0.29, 0.717) is 21.9 Å². The molecule has 5 rings (SSSR count). The molecule has 0 unspecified atom stereocenters. The van der Waals surface area contributed by atoms with Crippen molar-refractivity contribution in [2.45, 2.75) is 19.8 Å². The molecule has 1 aliphatic heterocycles. The van der Waals surface area contributed by atoms with Crippen LogP contribution in [0.15, 0.2) is 36.7 Å². The Labute approximate surface area is 214 Å². The van der Waals surface area contributed by atoms with Gasteiger partial charge in [-0.3, -0.25) is 4.68 Å². The summed E-state index contributed by atoms with van der Waals surface area (Å²) in [5.74, 6) is 0.519. The summed E-state index contributed by atoms with van der Waals surface area (Å²) in [5.41, 5.74) is 3.34. The van der Waals surface area contributed by atoms with E-state index in [1.54, 1.807) is 6.07 Å². The van der Waals surface area contributed by atoms with Crippen molar-refractivity contribution in [1.82, 2.24) is 30.0 Å². The Morgan fingerprint density at radius 1 is 1.09 bits per heavy atom. The highest BCUT2D eigenvalue weighted by Crippen LogP contribution is 2.37. The van der Waals surface area contributed by atoms with Gasteiger partial charge in [-0.25, -0.2) is 19.3 Å². The number of aryl methyl sites for hydroxylation is 1. The number of fused-ring (bicyclic) bond motifs is 1. The Kier molecular flexibility index (Phi) is 7.39. The molecule has 4 heterocycles. The van der Waals surface area contributed by atoms with Crippen LogP contribution < -0.4 is 15.5 Å². The summed E-state index contributed by atoms with van der Waals surface area (Å²) >= 11 is 6.70. The number of aromatic nitrogens is 5. The van der Waals surface area contributed by atoms with Gasteiger partial charge in [0.15, 0.2) is 5.82 Å². The molecule has 3 aromatic heterocycles.